The van der Waals surface area contributed by atoms with Gasteiger partial charge in [-0.15, -0.1) is 0 Å². The molecule has 0 aliphatic heterocycles. The largest absolute Gasteiger partial charge is 0.480 e. The minimum atomic E-state index is -1.15. The van der Waals surface area contributed by atoms with Gasteiger partial charge in [0.1, 0.15) is 5.54 Å². The average Bonchev–Trinajstić information content (AvgIpc) is 2.43. The Hall–Kier alpha value is -1.08. The summed E-state index contributed by atoms with van der Waals surface area (Å²) in [5.41, 5.74) is -0.570. The van der Waals surface area contributed by atoms with Gasteiger partial charge in [-0.3, -0.25) is 0 Å². The summed E-state index contributed by atoms with van der Waals surface area (Å²) in [5, 5.41) is 14.8. The fourth-order valence-corrected chi connectivity index (χ4v) is 3.22. The summed E-state index contributed by atoms with van der Waals surface area (Å²) in [5.74, 6) is -0.967. The predicted octanol–water partition coefficient (Wildman–Crippen LogP) is 4.12. The van der Waals surface area contributed by atoms with Crippen molar-refractivity contribution in [3.63, 3.8) is 0 Å². The SMILES string of the molecule is O=C(Nc1cc(Br)ccc1Br)NC1(C(=O)O)CCCCC1. The molecule has 0 spiro atoms. The summed E-state index contributed by atoms with van der Waals surface area (Å²) in [6, 6.07) is 4.89. The number of hydrogen-bond acceptors (Lipinski definition) is 2. The second-order valence-corrected chi connectivity index (χ2v) is 6.92. The third-order valence-corrected chi connectivity index (χ3v) is 4.83. The maximum absolute atomic E-state index is 12.1. The number of amides is 2. The summed E-state index contributed by atoms with van der Waals surface area (Å²) in [6.07, 6.45) is 3.57. The molecule has 3 N–H and O–H groups in total. The van der Waals surface area contributed by atoms with Gasteiger partial charge in [0.25, 0.3) is 0 Å². The maximum atomic E-state index is 12.1. The van der Waals surface area contributed by atoms with Crippen LogP contribution < -0.4 is 10.6 Å². The van der Waals surface area contributed by atoms with Gasteiger partial charge >= 0.3 is 12.0 Å². The summed E-state index contributed by atoms with van der Waals surface area (Å²) >= 11 is 6.68. The highest BCUT2D eigenvalue weighted by Gasteiger charge is 2.41. The average molecular weight is 420 g/mol. The number of anilines is 1. The van der Waals surface area contributed by atoms with Gasteiger partial charge in [-0.2, -0.15) is 0 Å². The molecule has 1 aliphatic carbocycles. The van der Waals surface area contributed by atoms with Crippen molar-refractivity contribution in [3.05, 3.63) is 27.1 Å². The van der Waals surface area contributed by atoms with E-state index in [1.54, 1.807) is 12.1 Å². The third-order valence-electron chi connectivity index (χ3n) is 3.65. The van der Waals surface area contributed by atoms with E-state index in [2.05, 4.69) is 42.5 Å². The molecule has 2 rings (SSSR count). The Labute approximate surface area is 139 Å². The zero-order valence-electron chi connectivity index (χ0n) is 11.3. The molecular weight excluding hydrogens is 404 g/mol. The molecule has 7 heteroatoms. The first kappa shape index (κ1) is 16.3. The molecular formula is C14H16Br2N2O3. The number of carbonyl (C=O) groups is 2. The van der Waals surface area contributed by atoms with Gasteiger partial charge in [0.05, 0.1) is 5.69 Å². The lowest BCUT2D eigenvalue weighted by atomic mass is 9.82. The number of hydrogen-bond donors (Lipinski definition) is 3. The van der Waals surface area contributed by atoms with Gasteiger partial charge in [-0.05, 0) is 47.0 Å². The number of urea groups is 1. The number of carboxylic acids is 1. The number of carbonyl (C=O) groups excluding carboxylic acids is 1. The molecule has 1 aliphatic rings. The number of aliphatic carboxylic acids is 1. The number of carboxylic acid groups (broad SMARTS) is 1. The molecule has 0 saturated heterocycles. The lowest BCUT2D eigenvalue weighted by Gasteiger charge is -2.33. The molecule has 0 heterocycles. The second-order valence-electron chi connectivity index (χ2n) is 5.15. The fraction of sp³-hybridized carbons (Fsp3) is 0.429. The van der Waals surface area contributed by atoms with Crippen molar-refractivity contribution in [3.8, 4) is 0 Å². The van der Waals surface area contributed by atoms with Crippen LogP contribution in [0.2, 0.25) is 0 Å². The summed E-state index contributed by atoms with van der Waals surface area (Å²) < 4.78 is 1.56. The van der Waals surface area contributed by atoms with Gasteiger partial charge in [0.2, 0.25) is 0 Å². The minimum absolute atomic E-state index is 0.468. The molecule has 0 unspecified atom stereocenters. The first-order chi connectivity index (χ1) is 9.93. The molecule has 2 amide bonds. The van der Waals surface area contributed by atoms with E-state index in [9.17, 15) is 14.7 Å². The van der Waals surface area contributed by atoms with Crippen LogP contribution >= 0.6 is 31.9 Å². The van der Waals surface area contributed by atoms with Crippen LogP contribution in [0.15, 0.2) is 27.1 Å². The Morgan fingerprint density at radius 2 is 1.81 bits per heavy atom. The molecule has 1 aromatic carbocycles. The molecule has 1 aromatic rings. The molecule has 1 fully saturated rings. The monoisotopic (exact) mass is 418 g/mol. The molecule has 0 atom stereocenters. The van der Waals surface area contributed by atoms with Crippen LogP contribution in [-0.2, 0) is 4.79 Å². The van der Waals surface area contributed by atoms with Crippen LogP contribution in [0.4, 0.5) is 10.5 Å². The summed E-state index contributed by atoms with van der Waals surface area (Å²) in [7, 11) is 0. The van der Waals surface area contributed by atoms with Crippen LogP contribution in [0.3, 0.4) is 0 Å². The number of benzene rings is 1. The van der Waals surface area contributed by atoms with E-state index in [0.29, 0.717) is 18.5 Å². The van der Waals surface area contributed by atoms with Crippen LogP contribution in [-0.4, -0.2) is 22.6 Å². The van der Waals surface area contributed by atoms with Gasteiger partial charge < -0.3 is 15.7 Å². The Morgan fingerprint density at radius 3 is 2.43 bits per heavy atom. The Bertz CT molecular complexity index is 557. The van der Waals surface area contributed by atoms with Crippen molar-refractivity contribution in [2.45, 2.75) is 37.6 Å². The molecule has 0 bridgehead atoms. The summed E-state index contributed by atoms with van der Waals surface area (Å²) in [4.78, 5) is 23.7. The highest BCUT2D eigenvalue weighted by Crippen LogP contribution is 2.29. The zero-order valence-corrected chi connectivity index (χ0v) is 14.5. The standard InChI is InChI=1S/C14H16Br2N2O3/c15-9-4-5-10(16)11(8-9)17-13(21)18-14(12(19)20)6-2-1-3-7-14/h4-5,8H,1-3,6-7H2,(H,19,20)(H2,17,18,21). The lowest BCUT2D eigenvalue weighted by molar-refractivity contribution is -0.145. The molecule has 1 saturated carbocycles. The summed E-state index contributed by atoms with van der Waals surface area (Å²) in [6.45, 7) is 0. The van der Waals surface area contributed by atoms with E-state index >= 15 is 0 Å². The fourth-order valence-electron chi connectivity index (χ4n) is 2.51. The molecule has 21 heavy (non-hydrogen) atoms. The van der Waals surface area contributed by atoms with Crippen LogP contribution in [0.25, 0.3) is 0 Å². The first-order valence-electron chi connectivity index (χ1n) is 6.70. The smallest absolute Gasteiger partial charge is 0.329 e. The topological polar surface area (TPSA) is 78.4 Å². The van der Waals surface area contributed by atoms with Crippen molar-refractivity contribution in [2.24, 2.45) is 0 Å². The van der Waals surface area contributed by atoms with Crippen LogP contribution in [0.1, 0.15) is 32.1 Å². The lowest BCUT2D eigenvalue weighted by Crippen LogP contribution is -2.56. The van der Waals surface area contributed by atoms with E-state index in [1.807, 2.05) is 6.07 Å². The maximum Gasteiger partial charge on any atom is 0.329 e. The molecule has 0 aromatic heterocycles. The quantitative estimate of drug-likeness (QED) is 0.689. The molecule has 5 nitrogen and oxygen atoms in total. The van der Waals surface area contributed by atoms with Crippen molar-refractivity contribution >= 4 is 49.5 Å². The van der Waals surface area contributed by atoms with Crippen molar-refractivity contribution < 1.29 is 14.7 Å². The van der Waals surface area contributed by atoms with Crippen molar-refractivity contribution in [2.75, 3.05) is 5.32 Å². The van der Waals surface area contributed by atoms with Gasteiger partial charge in [0, 0.05) is 8.95 Å². The van der Waals surface area contributed by atoms with Crippen molar-refractivity contribution in [1.29, 1.82) is 0 Å². The number of rotatable bonds is 3. The molecule has 114 valence electrons. The van der Waals surface area contributed by atoms with E-state index in [4.69, 9.17) is 0 Å². The Balaban J connectivity index is 2.09. The zero-order chi connectivity index (χ0) is 15.5. The van der Waals surface area contributed by atoms with Gasteiger partial charge in [-0.1, -0.05) is 35.2 Å². The number of halogens is 2. The van der Waals surface area contributed by atoms with Crippen molar-refractivity contribution in [1.82, 2.24) is 5.32 Å². The normalized spacial score (nSPS) is 17.0. The highest BCUT2D eigenvalue weighted by atomic mass is 79.9. The minimum Gasteiger partial charge on any atom is -0.480 e. The van der Waals surface area contributed by atoms with Crippen LogP contribution in [0, 0.1) is 0 Å². The molecule has 0 radical (unpaired) electrons. The Kier molecular flexibility index (Phi) is 5.27. The van der Waals surface area contributed by atoms with Gasteiger partial charge in [0.15, 0.2) is 0 Å². The second kappa shape index (κ2) is 6.79. The van der Waals surface area contributed by atoms with Crippen LogP contribution in [0.5, 0.6) is 0 Å². The first-order valence-corrected chi connectivity index (χ1v) is 8.29. The third kappa shape index (κ3) is 3.97. The Morgan fingerprint density at radius 1 is 1.14 bits per heavy atom. The highest BCUT2D eigenvalue weighted by molar-refractivity contribution is 9.11. The van der Waals surface area contributed by atoms with E-state index < -0.39 is 17.5 Å². The van der Waals surface area contributed by atoms with E-state index in [-0.39, 0.29) is 0 Å². The number of nitrogens with one attached hydrogen (secondary N) is 2. The van der Waals surface area contributed by atoms with Gasteiger partial charge in [-0.25, -0.2) is 9.59 Å². The van der Waals surface area contributed by atoms with E-state index in [0.717, 1.165) is 28.2 Å². The predicted molar refractivity (Wildman–Crippen MR) is 87.4 cm³/mol. The van der Waals surface area contributed by atoms with E-state index in [1.165, 1.54) is 0 Å².